The molecule has 2 saturated carbocycles. The van der Waals surface area contributed by atoms with E-state index in [9.17, 15) is 19.2 Å². The predicted molar refractivity (Wildman–Crippen MR) is 189 cm³/mol. The van der Waals surface area contributed by atoms with Gasteiger partial charge >= 0.3 is 11.9 Å². The molecule has 1 aromatic carbocycles. The molecule has 4 unspecified atom stereocenters. The van der Waals surface area contributed by atoms with Crippen LogP contribution in [0, 0.1) is 29.6 Å². The number of aliphatic carboxylic acids is 1. The smallest absolute Gasteiger partial charge is 0.341 e. The number of hydrogen-bond donors (Lipinski definition) is 4. The highest BCUT2D eigenvalue weighted by atomic mass is 16.5. The van der Waals surface area contributed by atoms with Crippen molar-refractivity contribution >= 4 is 23.8 Å². The van der Waals surface area contributed by atoms with E-state index in [0.29, 0.717) is 42.9 Å². The lowest BCUT2D eigenvalue weighted by Gasteiger charge is -2.33. The molecular weight excluding hydrogens is 622 g/mol. The lowest BCUT2D eigenvalue weighted by molar-refractivity contribution is -0.160. The Hall–Kier alpha value is -3.14. The van der Waals surface area contributed by atoms with E-state index in [2.05, 4.69) is 30.5 Å². The fourth-order valence-electron chi connectivity index (χ4n) is 8.49. The number of carboxylic acid groups (broad SMARTS) is 1. The maximum absolute atomic E-state index is 13.8. The van der Waals surface area contributed by atoms with Crippen LogP contribution < -0.4 is 21.1 Å². The van der Waals surface area contributed by atoms with Crippen molar-refractivity contribution in [1.29, 1.82) is 0 Å². The number of carboxylic acids is 1. The van der Waals surface area contributed by atoms with E-state index in [0.717, 1.165) is 102 Å². The number of fused-ring (bicyclic) bond motifs is 2. The van der Waals surface area contributed by atoms with Crippen molar-refractivity contribution in [3.63, 3.8) is 0 Å². The highest BCUT2D eigenvalue weighted by Gasteiger charge is 2.41. The first-order valence-corrected chi connectivity index (χ1v) is 19.2. The highest BCUT2D eigenvalue weighted by Crippen LogP contribution is 2.48. The summed E-state index contributed by atoms with van der Waals surface area (Å²) in [5.41, 5.74) is 8.31. The molecule has 10 nitrogen and oxygen atoms in total. The quantitative estimate of drug-likeness (QED) is 0.100. The van der Waals surface area contributed by atoms with E-state index in [1.54, 1.807) is 0 Å². The predicted octanol–water partition coefficient (Wildman–Crippen LogP) is 5.72. The zero-order valence-electron chi connectivity index (χ0n) is 29.9. The fraction of sp³-hybridized carbons (Fsp3) is 0.744. The Morgan fingerprint density at radius 3 is 2.43 bits per heavy atom. The van der Waals surface area contributed by atoms with Crippen molar-refractivity contribution in [2.75, 3.05) is 19.7 Å². The van der Waals surface area contributed by atoms with Crippen LogP contribution in [0.3, 0.4) is 0 Å². The molecular formula is C39H61N3O7. The molecule has 0 aliphatic heterocycles. The first-order valence-electron chi connectivity index (χ1n) is 19.2. The Labute approximate surface area is 293 Å². The summed E-state index contributed by atoms with van der Waals surface area (Å²) in [6.45, 7) is 4.50. The van der Waals surface area contributed by atoms with Gasteiger partial charge in [-0.05, 0) is 106 Å². The molecule has 0 radical (unpaired) electrons. The second-order valence-electron chi connectivity index (χ2n) is 14.7. The minimum atomic E-state index is -0.971. The van der Waals surface area contributed by atoms with Gasteiger partial charge in [0, 0.05) is 13.1 Å². The molecule has 0 bridgehead atoms. The number of nitrogens with one attached hydrogen (secondary N) is 2. The molecule has 0 saturated heterocycles. The van der Waals surface area contributed by atoms with Gasteiger partial charge in [-0.3, -0.25) is 14.4 Å². The number of rotatable bonds is 20. The van der Waals surface area contributed by atoms with Gasteiger partial charge < -0.3 is 30.9 Å². The summed E-state index contributed by atoms with van der Waals surface area (Å²) >= 11 is 0. The van der Waals surface area contributed by atoms with E-state index in [1.165, 1.54) is 5.56 Å². The van der Waals surface area contributed by atoms with Crippen LogP contribution in [0.4, 0.5) is 0 Å². The third-order valence-corrected chi connectivity index (χ3v) is 11.2. The number of amides is 2. The van der Waals surface area contributed by atoms with Crippen LogP contribution in [-0.4, -0.2) is 60.7 Å². The second kappa shape index (κ2) is 19.9. The number of carbonyl (C=O) groups excluding carboxylic acids is 3. The highest BCUT2D eigenvalue weighted by molar-refractivity contribution is 5.91. The molecule has 0 spiro atoms. The van der Waals surface area contributed by atoms with Gasteiger partial charge in [0.05, 0.1) is 11.8 Å². The fourth-order valence-corrected chi connectivity index (χ4v) is 8.49. The lowest BCUT2D eigenvalue weighted by Crippen LogP contribution is -2.53. The number of esters is 1. The van der Waals surface area contributed by atoms with Crippen LogP contribution in [0.25, 0.3) is 0 Å². The maximum Gasteiger partial charge on any atom is 0.341 e. The molecule has 2 amide bonds. The standard InChI is InChI=1S/C39H61N3O7/c1-3-5-7-13-29(20-19-26-17-18-28-23-33-27(22-32(26)28)12-11-16-35(33)48-25-36(43)44)49-39(47)31-15-9-8-14-30(31)37(45)42-34(24-40)38(46)41-21-10-6-4-2/h11-12,16,26,28-32,34H,3-10,13-15,17-25,40H2,1-2H3,(H,41,46)(H,42,45)(H,43,44)/t26-,28?,29?,30+,31-,32?,34?/m1/s1. The maximum atomic E-state index is 13.8. The molecule has 49 heavy (non-hydrogen) atoms. The summed E-state index contributed by atoms with van der Waals surface area (Å²) in [6, 6.07) is 5.17. The van der Waals surface area contributed by atoms with Crippen LogP contribution in [-0.2, 0) is 36.8 Å². The first kappa shape index (κ1) is 38.7. The van der Waals surface area contributed by atoms with Crippen molar-refractivity contribution in [2.45, 2.75) is 135 Å². The second-order valence-corrected chi connectivity index (χ2v) is 14.7. The summed E-state index contributed by atoms with van der Waals surface area (Å²) in [4.78, 5) is 51.1. The van der Waals surface area contributed by atoms with Crippen LogP contribution in [0.5, 0.6) is 5.75 Å². The summed E-state index contributed by atoms with van der Waals surface area (Å²) in [5, 5.41) is 14.8. The monoisotopic (exact) mass is 683 g/mol. The Morgan fingerprint density at radius 2 is 1.69 bits per heavy atom. The van der Waals surface area contributed by atoms with Gasteiger partial charge in [-0.2, -0.15) is 0 Å². The number of unbranched alkanes of at least 4 members (excludes halogenated alkanes) is 4. The molecule has 2 fully saturated rings. The average molecular weight is 684 g/mol. The number of ether oxygens (including phenoxy) is 2. The van der Waals surface area contributed by atoms with Gasteiger partial charge in [0.1, 0.15) is 17.9 Å². The molecule has 10 heteroatoms. The normalized spacial score (nSPS) is 24.2. The van der Waals surface area contributed by atoms with Gasteiger partial charge in [-0.25, -0.2) is 4.79 Å². The van der Waals surface area contributed by atoms with Gasteiger partial charge in [0.15, 0.2) is 6.61 Å². The molecule has 0 aromatic heterocycles. The number of benzene rings is 1. The molecule has 5 N–H and O–H groups in total. The summed E-state index contributed by atoms with van der Waals surface area (Å²) in [6.07, 6.45) is 15.7. The molecule has 0 heterocycles. The van der Waals surface area contributed by atoms with E-state index < -0.39 is 23.8 Å². The van der Waals surface area contributed by atoms with Crippen LogP contribution in [0.1, 0.15) is 121 Å². The van der Waals surface area contributed by atoms with Crippen molar-refractivity contribution in [3.8, 4) is 5.75 Å². The number of hydrogen-bond acceptors (Lipinski definition) is 7. The third-order valence-electron chi connectivity index (χ3n) is 11.2. The van der Waals surface area contributed by atoms with Crippen molar-refractivity contribution in [1.82, 2.24) is 10.6 Å². The zero-order valence-corrected chi connectivity index (χ0v) is 29.9. The van der Waals surface area contributed by atoms with E-state index >= 15 is 0 Å². The summed E-state index contributed by atoms with van der Waals surface area (Å²) in [5.74, 6) is -0.507. The third kappa shape index (κ3) is 11.2. The molecule has 274 valence electrons. The number of carbonyl (C=O) groups is 4. The van der Waals surface area contributed by atoms with E-state index in [4.69, 9.17) is 20.3 Å². The first-order chi connectivity index (χ1) is 23.7. The van der Waals surface area contributed by atoms with E-state index in [1.807, 2.05) is 12.1 Å². The Bertz CT molecular complexity index is 1240. The molecule has 3 aliphatic carbocycles. The van der Waals surface area contributed by atoms with Crippen molar-refractivity contribution in [3.05, 3.63) is 29.3 Å². The van der Waals surface area contributed by atoms with Gasteiger partial charge in [-0.15, -0.1) is 0 Å². The van der Waals surface area contributed by atoms with Gasteiger partial charge in [-0.1, -0.05) is 64.5 Å². The van der Waals surface area contributed by atoms with Crippen molar-refractivity contribution < 1.29 is 33.8 Å². The van der Waals surface area contributed by atoms with Gasteiger partial charge in [0.25, 0.3) is 0 Å². The Morgan fingerprint density at radius 1 is 0.939 bits per heavy atom. The number of nitrogens with two attached hydrogens (primary N) is 1. The largest absolute Gasteiger partial charge is 0.482 e. The molecule has 4 rings (SSSR count). The Kier molecular flexibility index (Phi) is 15.7. The van der Waals surface area contributed by atoms with Crippen LogP contribution in [0.15, 0.2) is 18.2 Å². The zero-order chi connectivity index (χ0) is 35.2. The topological polar surface area (TPSA) is 157 Å². The lowest BCUT2D eigenvalue weighted by atomic mass is 9.73. The van der Waals surface area contributed by atoms with Crippen molar-refractivity contribution in [2.24, 2.45) is 35.3 Å². The summed E-state index contributed by atoms with van der Waals surface area (Å²) < 4.78 is 11.9. The Balaban J connectivity index is 1.35. The van der Waals surface area contributed by atoms with Crippen LogP contribution in [0.2, 0.25) is 0 Å². The minimum Gasteiger partial charge on any atom is -0.482 e. The van der Waals surface area contributed by atoms with Crippen LogP contribution >= 0.6 is 0 Å². The van der Waals surface area contributed by atoms with Gasteiger partial charge in [0.2, 0.25) is 11.8 Å². The summed E-state index contributed by atoms with van der Waals surface area (Å²) in [7, 11) is 0. The van der Waals surface area contributed by atoms with E-state index in [-0.39, 0.29) is 37.0 Å². The average Bonchev–Trinajstić information content (AvgIpc) is 3.50. The molecule has 1 aromatic rings. The molecule has 7 atom stereocenters. The minimum absolute atomic E-state index is 0.000945. The SMILES string of the molecule is CCCCCNC(=O)C(CN)NC(=O)[C@H]1CCCC[C@H]1C(=O)OC(CCCCC)CC[C@H]1CCC2Cc3c(cccc3OCC(=O)O)CC21. The molecule has 3 aliphatic rings.